The maximum absolute atomic E-state index is 14.0. The summed E-state index contributed by atoms with van der Waals surface area (Å²) in [5, 5.41) is 0. The molecule has 1 saturated carbocycles. The fourth-order valence-corrected chi connectivity index (χ4v) is 4.92. The zero-order chi connectivity index (χ0) is 17.5. The van der Waals surface area contributed by atoms with E-state index in [9.17, 15) is 4.39 Å². The number of nitrogens with zero attached hydrogens (tertiary/aromatic N) is 1. The van der Waals surface area contributed by atoms with E-state index in [2.05, 4.69) is 0 Å². The minimum Gasteiger partial charge on any atom is -0.484 e. The standard InChI is InChI=1S/C22H35FNO/c1-19-10-9-13-21(23)22(19)25-17-16-24(18-20-11-5-6-12-20)14-7-3-2-4-8-15-24/h9-10,13,20H,2-8,11-12,14-18H2,1H3/q+1. The van der Waals surface area contributed by atoms with Crippen LogP contribution in [0, 0.1) is 18.7 Å². The van der Waals surface area contributed by atoms with Crippen LogP contribution in [0.3, 0.4) is 0 Å². The number of ether oxygens (including phenoxy) is 1. The first-order valence-corrected chi connectivity index (χ1v) is 10.4. The van der Waals surface area contributed by atoms with Crippen LogP contribution < -0.4 is 4.74 Å². The number of hydrogen-bond donors (Lipinski definition) is 0. The lowest BCUT2D eigenvalue weighted by Crippen LogP contribution is -2.54. The molecule has 25 heavy (non-hydrogen) atoms. The molecule has 0 spiro atoms. The van der Waals surface area contributed by atoms with E-state index in [0.29, 0.717) is 12.4 Å². The molecule has 0 aromatic heterocycles. The third-order valence-corrected chi connectivity index (χ3v) is 6.36. The topological polar surface area (TPSA) is 9.23 Å². The van der Waals surface area contributed by atoms with Crippen molar-refractivity contribution in [3.05, 3.63) is 29.6 Å². The Bertz CT molecular complexity index is 511. The third kappa shape index (κ3) is 5.20. The van der Waals surface area contributed by atoms with Gasteiger partial charge in [-0.15, -0.1) is 0 Å². The summed E-state index contributed by atoms with van der Waals surface area (Å²) in [4.78, 5) is 0. The van der Waals surface area contributed by atoms with Crippen LogP contribution in [0.2, 0.25) is 0 Å². The lowest BCUT2D eigenvalue weighted by Gasteiger charge is -2.41. The highest BCUT2D eigenvalue weighted by Crippen LogP contribution is 2.30. The zero-order valence-electron chi connectivity index (χ0n) is 15.9. The molecule has 1 aliphatic heterocycles. The average Bonchev–Trinajstić information content (AvgIpc) is 3.07. The SMILES string of the molecule is Cc1cccc(F)c1OCC[N+]1(CC2CCCC2)CCCCCCC1. The Morgan fingerprint density at radius 2 is 1.68 bits per heavy atom. The summed E-state index contributed by atoms with van der Waals surface area (Å²) >= 11 is 0. The van der Waals surface area contributed by atoms with Crippen molar-refractivity contribution in [2.75, 3.05) is 32.8 Å². The first kappa shape index (κ1) is 18.7. The summed E-state index contributed by atoms with van der Waals surface area (Å²) in [6.07, 6.45) is 12.5. The Labute approximate surface area is 153 Å². The van der Waals surface area contributed by atoms with E-state index in [-0.39, 0.29) is 5.82 Å². The second-order valence-electron chi connectivity index (χ2n) is 8.35. The van der Waals surface area contributed by atoms with E-state index in [1.54, 1.807) is 6.07 Å². The van der Waals surface area contributed by atoms with Gasteiger partial charge in [0.1, 0.15) is 13.2 Å². The number of rotatable bonds is 6. The summed E-state index contributed by atoms with van der Waals surface area (Å²) in [5.74, 6) is 1.12. The van der Waals surface area contributed by atoms with Crippen LogP contribution >= 0.6 is 0 Å². The van der Waals surface area contributed by atoms with Gasteiger partial charge in [0.25, 0.3) is 0 Å². The minimum atomic E-state index is -0.227. The van der Waals surface area contributed by atoms with E-state index >= 15 is 0 Å². The molecule has 2 aliphatic rings. The Morgan fingerprint density at radius 3 is 2.36 bits per heavy atom. The first-order valence-electron chi connectivity index (χ1n) is 10.4. The number of para-hydroxylation sites is 1. The molecule has 3 heteroatoms. The van der Waals surface area contributed by atoms with Crippen molar-refractivity contribution in [1.29, 1.82) is 0 Å². The molecule has 0 N–H and O–H groups in total. The monoisotopic (exact) mass is 348 g/mol. The van der Waals surface area contributed by atoms with Gasteiger partial charge in [0.2, 0.25) is 0 Å². The highest BCUT2D eigenvalue weighted by atomic mass is 19.1. The predicted molar refractivity (Wildman–Crippen MR) is 101 cm³/mol. The van der Waals surface area contributed by atoms with Gasteiger partial charge < -0.3 is 9.22 Å². The van der Waals surface area contributed by atoms with Crippen LogP contribution in [-0.4, -0.2) is 37.3 Å². The lowest BCUT2D eigenvalue weighted by atomic mass is 10.0. The molecule has 1 heterocycles. The van der Waals surface area contributed by atoms with Crippen LogP contribution in [0.25, 0.3) is 0 Å². The summed E-state index contributed by atoms with van der Waals surface area (Å²) in [5.41, 5.74) is 0.898. The summed E-state index contributed by atoms with van der Waals surface area (Å²) in [7, 11) is 0. The molecule has 0 atom stereocenters. The molecule has 1 aromatic carbocycles. The molecular weight excluding hydrogens is 313 g/mol. The maximum Gasteiger partial charge on any atom is 0.165 e. The molecule has 2 nitrogen and oxygen atoms in total. The quantitative estimate of drug-likeness (QED) is 0.618. The van der Waals surface area contributed by atoms with Crippen LogP contribution in [-0.2, 0) is 0 Å². The highest BCUT2D eigenvalue weighted by Gasteiger charge is 2.32. The van der Waals surface area contributed by atoms with Crippen molar-refractivity contribution in [3.8, 4) is 5.75 Å². The second-order valence-corrected chi connectivity index (χ2v) is 8.35. The molecule has 0 unspecified atom stereocenters. The summed E-state index contributed by atoms with van der Waals surface area (Å²) in [6.45, 7) is 7.49. The molecule has 1 aromatic rings. The molecule has 0 bridgehead atoms. The second kappa shape index (κ2) is 9.02. The number of hydrogen-bond acceptors (Lipinski definition) is 1. The van der Waals surface area contributed by atoms with E-state index in [0.717, 1.165) is 18.0 Å². The van der Waals surface area contributed by atoms with Gasteiger partial charge in [-0.05, 0) is 57.1 Å². The van der Waals surface area contributed by atoms with Crippen molar-refractivity contribution in [1.82, 2.24) is 0 Å². The van der Waals surface area contributed by atoms with Crippen molar-refractivity contribution in [2.45, 2.75) is 64.7 Å². The molecule has 1 saturated heterocycles. The smallest absolute Gasteiger partial charge is 0.165 e. The predicted octanol–water partition coefficient (Wildman–Crippen LogP) is 5.48. The van der Waals surface area contributed by atoms with Crippen molar-refractivity contribution in [3.63, 3.8) is 0 Å². The van der Waals surface area contributed by atoms with Crippen LogP contribution in [0.15, 0.2) is 18.2 Å². The average molecular weight is 349 g/mol. The third-order valence-electron chi connectivity index (χ3n) is 6.36. The number of quaternary nitrogens is 1. The van der Waals surface area contributed by atoms with Gasteiger partial charge in [0.15, 0.2) is 11.6 Å². The van der Waals surface area contributed by atoms with E-state index in [1.165, 1.54) is 88.0 Å². The highest BCUT2D eigenvalue weighted by molar-refractivity contribution is 5.33. The Hall–Kier alpha value is -1.09. The van der Waals surface area contributed by atoms with Crippen LogP contribution in [0.1, 0.15) is 63.4 Å². The normalized spacial score (nSPS) is 21.7. The van der Waals surface area contributed by atoms with Crippen molar-refractivity contribution >= 4 is 0 Å². The summed E-state index contributed by atoms with van der Waals surface area (Å²) in [6, 6.07) is 5.18. The van der Waals surface area contributed by atoms with Gasteiger partial charge in [-0.25, -0.2) is 4.39 Å². The van der Waals surface area contributed by atoms with Gasteiger partial charge in [-0.1, -0.05) is 31.4 Å². The molecule has 1 aliphatic carbocycles. The summed E-state index contributed by atoms with van der Waals surface area (Å²) < 4.78 is 21.2. The van der Waals surface area contributed by atoms with Crippen LogP contribution in [0.5, 0.6) is 5.75 Å². The largest absolute Gasteiger partial charge is 0.484 e. The Kier molecular flexibility index (Phi) is 6.75. The van der Waals surface area contributed by atoms with Crippen molar-refractivity contribution < 1.29 is 13.6 Å². The number of halogens is 1. The molecule has 0 amide bonds. The maximum atomic E-state index is 14.0. The van der Waals surface area contributed by atoms with Crippen LogP contribution in [0.4, 0.5) is 4.39 Å². The molecule has 140 valence electrons. The van der Waals surface area contributed by atoms with E-state index < -0.39 is 0 Å². The van der Waals surface area contributed by atoms with Gasteiger partial charge in [-0.3, -0.25) is 0 Å². The fourth-order valence-electron chi connectivity index (χ4n) is 4.92. The fraction of sp³-hybridized carbons (Fsp3) is 0.727. The number of likely N-dealkylation sites (tertiary alicyclic amines) is 1. The van der Waals surface area contributed by atoms with Crippen molar-refractivity contribution in [2.24, 2.45) is 5.92 Å². The first-order chi connectivity index (χ1) is 12.2. The molecule has 3 rings (SSSR count). The van der Waals surface area contributed by atoms with Gasteiger partial charge in [0.05, 0.1) is 19.6 Å². The van der Waals surface area contributed by atoms with Gasteiger partial charge in [-0.2, -0.15) is 0 Å². The number of aryl methyl sites for hydroxylation is 1. The van der Waals surface area contributed by atoms with Gasteiger partial charge >= 0.3 is 0 Å². The zero-order valence-corrected chi connectivity index (χ0v) is 15.9. The van der Waals surface area contributed by atoms with Gasteiger partial charge in [0, 0.05) is 5.92 Å². The lowest BCUT2D eigenvalue weighted by molar-refractivity contribution is -0.932. The minimum absolute atomic E-state index is 0.227. The molecular formula is C22H35FNO+. The van der Waals surface area contributed by atoms with E-state index in [1.807, 2.05) is 13.0 Å². The Morgan fingerprint density at radius 1 is 1.00 bits per heavy atom. The molecule has 2 fully saturated rings. The van der Waals surface area contributed by atoms with E-state index in [4.69, 9.17) is 4.74 Å². The molecule has 0 radical (unpaired) electrons. The Balaban J connectivity index is 1.63. The number of benzene rings is 1.